The number of hydrogen-bond acceptors (Lipinski definition) is 3. The van der Waals surface area contributed by atoms with Crippen molar-refractivity contribution in [2.24, 2.45) is 0 Å². The van der Waals surface area contributed by atoms with Crippen molar-refractivity contribution in [1.82, 2.24) is 0 Å². The molecule has 3 rings (SSSR count). The predicted molar refractivity (Wildman–Crippen MR) is 84.5 cm³/mol. The number of Topliss-reactive ketones (excluding diaryl/α,β-unsaturated/α-hetero) is 1. The average Bonchev–Trinajstić information content (AvgIpc) is 2.92. The molecule has 3 nitrogen and oxygen atoms in total. The number of ketones is 1. The van der Waals surface area contributed by atoms with E-state index < -0.39 is 0 Å². The van der Waals surface area contributed by atoms with Gasteiger partial charge in [-0.25, -0.2) is 0 Å². The Balaban J connectivity index is 1.99. The van der Waals surface area contributed by atoms with Crippen molar-refractivity contribution in [3.63, 3.8) is 0 Å². The first-order valence-corrected chi connectivity index (χ1v) is 7.14. The number of nitrogens with one attached hydrogen (secondary N) is 1. The van der Waals surface area contributed by atoms with Crippen LogP contribution in [0.25, 0.3) is 0 Å². The van der Waals surface area contributed by atoms with Crippen molar-refractivity contribution in [1.29, 1.82) is 0 Å². The number of carbonyl (C=O) groups is 1. The number of carbonyl (C=O) groups excluding carboxylic acids is 1. The van der Waals surface area contributed by atoms with Gasteiger partial charge in [0.15, 0.2) is 5.78 Å². The van der Waals surface area contributed by atoms with E-state index in [1.165, 1.54) is 0 Å². The molecule has 0 saturated heterocycles. The van der Waals surface area contributed by atoms with Gasteiger partial charge in [0, 0.05) is 17.8 Å². The maximum Gasteiger partial charge on any atom is 0.172 e. The molecule has 3 heteroatoms. The number of fused-ring (bicyclic) bond motifs is 1. The van der Waals surface area contributed by atoms with E-state index >= 15 is 0 Å². The average molecular weight is 281 g/mol. The van der Waals surface area contributed by atoms with Gasteiger partial charge in [0.25, 0.3) is 0 Å². The Morgan fingerprint density at radius 3 is 2.71 bits per heavy atom. The SMILES string of the molecule is COc1cc(C)c(C(=O)C2CNc3ccccc32)cc1C. The molecule has 1 N–H and O–H groups in total. The van der Waals surface area contributed by atoms with Gasteiger partial charge in [-0.05, 0) is 48.7 Å². The van der Waals surface area contributed by atoms with Gasteiger partial charge >= 0.3 is 0 Å². The number of hydrogen-bond donors (Lipinski definition) is 1. The lowest BCUT2D eigenvalue weighted by atomic mass is 9.89. The van der Waals surface area contributed by atoms with Crippen molar-refractivity contribution in [3.05, 3.63) is 58.7 Å². The van der Waals surface area contributed by atoms with Gasteiger partial charge in [-0.2, -0.15) is 0 Å². The van der Waals surface area contributed by atoms with Crippen LogP contribution < -0.4 is 10.1 Å². The van der Waals surface area contributed by atoms with Crippen molar-refractivity contribution >= 4 is 11.5 Å². The second kappa shape index (κ2) is 5.24. The van der Waals surface area contributed by atoms with Gasteiger partial charge in [-0.15, -0.1) is 0 Å². The molecule has 0 fully saturated rings. The highest BCUT2D eigenvalue weighted by molar-refractivity contribution is 6.04. The third-order valence-corrected chi connectivity index (χ3v) is 4.16. The van der Waals surface area contributed by atoms with Crippen molar-refractivity contribution in [3.8, 4) is 5.75 Å². The number of para-hydroxylation sites is 1. The summed E-state index contributed by atoms with van der Waals surface area (Å²) < 4.78 is 5.32. The van der Waals surface area contributed by atoms with Gasteiger partial charge in [-0.1, -0.05) is 18.2 Å². The molecule has 1 aliphatic rings. The summed E-state index contributed by atoms with van der Waals surface area (Å²) in [5, 5.41) is 3.31. The van der Waals surface area contributed by atoms with Crippen LogP contribution in [0.2, 0.25) is 0 Å². The van der Waals surface area contributed by atoms with Crippen molar-refractivity contribution in [2.45, 2.75) is 19.8 Å². The molecule has 0 bridgehead atoms. The fourth-order valence-electron chi connectivity index (χ4n) is 2.98. The Bertz CT molecular complexity index is 706. The summed E-state index contributed by atoms with van der Waals surface area (Å²) in [4.78, 5) is 12.9. The van der Waals surface area contributed by atoms with Crippen LogP contribution in [0.15, 0.2) is 36.4 Å². The predicted octanol–water partition coefficient (Wildman–Crippen LogP) is 3.70. The van der Waals surface area contributed by atoms with E-state index in [1.54, 1.807) is 7.11 Å². The molecule has 1 heterocycles. The summed E-state index contributed by atoms with van der Waals surface area (Å²) in [7, 11) is 1.65. The van der Waals surface area contributed by atoms with Gasteiger partial charge in [0.05, 0.1) is 13.0 Å². The topological polar surface area (TPSA) is 38.3 Å². The molecule has 1 unspecified atom stereocenters. The highest BCUT2D eigenvalue weighted by atomic mass is 16.5. The Morgan fingerprint density at radius 1 is 1.19 bits per heavy atom. The highest BCUT2D eigenvalue weighted by Gasteiger charge is 2.29. The second-order valence-corrected chi connectivity index (χ2v) is 5.52. The summed E-state index contributed by atoms with van der Waals surface area (Å²) in [5.41, 5.74) is 4.91. The third kappa shape index (κ3) is 2.29. The van der Waals surface area contributed by atoms with E-state index in [0.717, 1.165) is 33.7 Å². The molecule has 0 amide bonds. The first-order chi connectivity index (χ1) is 10.1. The molecular weight excluding hydrogens is 262 g/mol. The highest BCUT2D eigenvalue weighted by Crippen LogP contribution is 2.35. The van der Waals surface area contributed by atoms with Crippen LogP contribution in [-0.4, -0.2) is 19.4 Å². The van der Waals surface area contributed by atoms with Crippen molar-refractivity contribution in [2.75, 3.05) is 19.0 Å². The molecule has 0 aromatic heterocycles. The second-order valence-electron chi connectivity index (χ2n) is 5.52. The molecule has 2 aromatic carbocycles. The van der Waals surface area contributed by atoms with E-state index in [4.69, 9.17) is 4.74 Å². The van der Waals surface area contributed by atoms with E-state index in [2.05, 4.69) is 5.32 Å². The smallest absolute Gasteiger partial charge is 0.172 e. The van der Waals surface area contributed by atoms with Gasteiger partial charge in [0.2, 0.25) is 0 Å². The first-order valence-electron chi connectivity index (χ1n) is 7.14. The van der Waals surface area contributed by atoms with Gasteiger partial charge in [-0.3, -0.25) is 4.79 Å². The van der Waals surface area contributed by atoms with E-state index in [9.17, 15) is 4.79 Å². The van der Waals surface area contributed by atoms with Crippen LogP contribution in [0.1, 0.15) is 33.0 Å². The first kappa shape index (κ1) is 13.7. The maximum absolute atomic E-state index is 12.9. The Morgan fingerprint density at radius 2 is 1.95 bits per heavy atom. The van der Waals surface area contributed by atoms with Crippen LogP contribution in [0.4, 0.5) is 5.69 Å². The fraction of sp³-hybridized carbons (Fsp3) is 0.278. The molecule has 0 spiro atoms. The molecule has 0 saturated carbocycles. The minimum absolute atomic E-state index is 0.104. The molecular formula is C18H19NO2. The lowest BCUT2D eigenvalue weighted by Gasteiger charge is -2.14. The minimum Gasteiger partial charge on any atom is -0.496 e. The van der Waals surface area contributed by atoms with Crippen LogP contribution in [0.5, 0.6) is 5.75 Å². The zero-order valence-electron chi connectivity index (χ0n) is 12.6. The molecule has 1 aliphatic heterocycles. The normalized spacial score (nSPS) is 16.2. The largest absolute Gasteiger partial charge is 0.496 e. The summed E-state index contributed by atoms with van der Waals surface area (Å²) >= 11 is 0. The molecule has 108 valence electrons. The maximum atomic E-state index is 12.9. The number of methoxy groups -OCH3 is 1. The quantitative estimate of drug-likeness (QED) is 0.872. The molecule has 21 heavy (non-hydrogen) atoms. The lowest BCUT2D eigenvalue weighted by molar-refractivity contribution is 0.0966. The zero-order chi connectivity index (χ0) is 15.0. The number of ether oxygens (including phenoxy) is 1. The van der Waals surface area contributed by atoms with E-state index in [1.807, 2.05) is 50.2 Å². The van der Waals surface area contributed by atoms with Gasteiger partial charge < -0.3 is 10.1 Å². The summed E-state index contributed by atoms with van der Waals surface area (Å²) in [6.45, 7) is 4.60. The number of rotatable bonds is 3. The van der Waals surface area contributed by atoms with E-state index in [-0.39, 0.29) is 11.7 Å². The molecule has 2 aromatic rings. The minimum atomic E-state index is -0.104. The number of aryl methyl sites for hydroxylation is 2. The summed E-state index contributed by atoms with van der Waals surface area (Å²) in [6.07, 6.45) is 0. The summed E-state index contributed by atoms with van der Waals surface area (Å²) in [5.74, 6) is 0.900. The standard InChI is InChI=1S/C18H19NO2/c1-11-9-17(21-3)12(2)8-14(11)18(20)15-10-19-16-7-5-4-6-13(15)16/h4-9,15,19H,10H2,1-3H3. The Labute approximate surface area is 124 Å². The molecule has 0 radical (unpaired) electrons. The zero-order valence-corrected chi connectivity index (χ0v) is 12.6. The van der Waals surface area contributed by atoms with Crippen LogP contribution >= 0.6 is 0 Å². The summed E-state index contributed by atoms with van der Waals surface area (Å²) in [6, 6.07) is 11.9. The van der Waals surface area contributed by atoms with Crippen LogP contribution in [0.3, 0.4) is 0 Å². The monoisotopic (exact) mass is 281 g/mol. The molecule has 0 aliphatic carbocycles. The Kier molecular flexibility index (Phi) is 3.42. The van der Waals surface area contributed by atoms with Gasteiger partial charge in [0.1, 0.15) is 5.75 Å². The molecule has 1 atom stereocenters. The Hall–Kier alpha value is -2.29. The van der Waals surface area contributed by atoms with E-state index in [0.29, 0.717) is 6.54 Å². The van der Waals surface area contributed by atoms with Crippen molar-refractivity contribution < 1.29 is 9.53 Å². The van der Waals surface area contributed by atoms with Crippen LogP contribution in [-0.2, 0) is 0 Å². The fourth-order valence-corrected chi connectivity index (χ4v) is 2.98. The lowest BCUT2D eigenvalue weighted by Crippen LogP contribution is -2.16. The van der Waals surface area contributed by atoms with Crippen LogP contribution in [0, 0.1) is 13.8 Å². The third-order valence-electron chi connectivity index (χ3n) is 4.16. The number of anilines is 1. The number of benzene rings is 2.